The van der Waals surface area contributed by atoms with Gasteiger partial charge < -0.3 is 10.6 Å². The van der Waals surface area contributed by atoms with Gasteiger partial charge in [-0.2, -0.15) is 5.26 Å². The van der Waals surface area contributed by atoms with Gasteiger partial charge in [-0.3, -0.25) is 9.71 Å². The van der Waals surface area contributed by atoms with E-state index >= 15 is 0 Å². The Morgan fingerprint density at radius 3 is 2.47 bits per heavy atom. The minimum atomic E-state index is -3.51. The molecule has 1 atom stereocenters. The molecule has 0 aliphatic carbocycles. The number of pyridine rings is 1. The number of nitriles is 1. The summed E-state index contributed by atoms with van der Waals surface area (Å²) in [6.07, 6.45) is 4.29. The van der Waals surface area contributed by atoms with Crippen LogP contribution in [0.1, 0.15) is 42.8 Å². The van der Waals surface area contributed by atoms with E-state index in [4.69, 9.17) is 23.2 Å². The smallest absolute Gasteiger partial charge is 0.229 e. The molecule has 0 saturated heterocycles. The van der Waals surface area contributed by atoms with Crippen molar-refractivity contribution in [1.29, 1.82) is 5.26 Å². The highest BCUT2D eigenvalue weighted by molar-refractivity contribution is 7.92. The van der Waals surface area contributed by atoms with Gasteiger partial charge in [0.05, 0.1) is 45.3 Å². The van der Waals surface area contributed by atoms with Gasteiger partial charge in [-0.1, -0.05) is 40.5 Å². The minimum absolute atomic E-state index is 0.0549. The molecule has 0 spiro atoms. The number of sulfonamides is 1. The Morgan fingerprint density at radius 1 is 1.02 bits per heavy atom. The first kappa shape index (κ1) is 30.0. The summed E-state index contributed by atoms with van der Waals surface area (Å²) < 4.78 is 41.8. The summed E-state index contributed by atoms with van der Waals surface area (Å²) in [5, 5.41) is 25.8. The molecule has 2 heterocycles. The zero-order valence-corrected chi connectivity index (χ0v) is 25.4. The molecule has 3 aromatic carbocycles. The molecule has 0 aliphatic heterocycles. The Balaban J connectivity index is 1.62. The first-order valence-corrected chi connectivity index (χ1v) is 15.6. The first-order valence-electron chi connectivity index (χ1n) is 12.9. The van der Waals surface area contributed by atoms with E-state index in [1.165, 1.54) is 24.4 Å². The molecule has 0 radical (unpaired) electrons. The van der Waals surface area contributed by atoms with Gasteiger partial charge in [-0.15, -0.1) is 5.10 Å². The van der Waals surface area contributed by atoms with Crippen molar-refractivity contribution in [1.82, 2.24) is 20.0 Å². The Hall–Kier alpha value is -4.44. The van der Waals surface area contributed by atoms with E-state index in [0.717, 1.165) is 6.26 Å². The highest BCUT2D eigenvalue weighted by atomic mass is 35.5. The second-order valence-corrected chi connectivity index (χ2v) is 12.6. The van der Waals surface area contributed by atoms with Crippen LogP contribution in [0.3, 0.4) is 0 Å². The molecule has 0 aliphatic rings. The Kier molecular flexibility index (Phi) is 8.41. The maximum absolute atomic E-state index is 13.8. The van der Waals surface area contributed by atoms with Crippen LogP contribution in [0, 0.1) is 17.1 Å². The maximum atomic E-state index is 13.8. The van der Waals surface area contributed by atoms with E-state index < -0.39 is 21.9 Å². The fourth-order valence-electron chi connectivity index (χ4n) is 4.45. The summed E-state index contributed by atoms with van der Waals surface area (Å²) in [5.74, 6) is -0.571. The number of anilines is 4. The second-order valence-electron chi connectivity index (χ2n) is 10.1. The Morgan fingerprint density at radius 2 is 1.79 bits per heavy atom. The molecule has 0 amide bonds. The van der Waals surface area contributed by atoms with Gasteiger partial charge in [0, 0.05) is 34.7 Å². The van der Waals surface area contributed by atoms with Crippen molar-refractivity contribution in [3.63, 3.8) is 0 Å². The van der Waals surface area contributed by atoms with Gasteiger partial charge in [0.15, 0.2) is 0 Å². The van der Waals surface area contributed by atoms with Crippen molar-refractivity contribution >= 4 is 66.9 Å². The van der Waals surface area contributed by atoms with Crippen LogP contribution in [0.25, 0.3) is 10.9 Å². The SMILES string of the molecule is CC(C)n1cc([C@@H](Nc2cc(Cl)c3ncc(C#N)c(Nc4ccc(F)c(Cl)c4)c3c2)c2cccc(NS(C)(=O)=O)c2)nn1. The first-order chi connectivity index (χ1) is 20.4. The molecule has 3 N–H and O–H groups in total. The summed E-state index contributed by atoms with van der Waals surface area (Å²) >= 11 is 12.7. The molecule has 5 aromatic rings. The number of hydrogen-bond donors (Lipinski definition) is 3. The number of fused-ring (bicyclic) bond motifs is 1. The lowest BCUT2D eigenvalue weighted by Gasteiger charge is -2.21. The standard InChI is InChI=1S/C29H25Cl2FN8O2S/c1-16(2)40-15-26(37-39-40)28(17-5-4-6-20(9-17)38-43(3,41)42)36-21-10-22-27(35-19-7-8-25(32)23(30)11-19)18(13-33)14-34-29(22)24(31)12-21/h4-12,14-16,28,36,38H,1-3H3,(H,34,35)/t28-/m0/s1. The van der Waals surface area contributed by atoms with Gasteiger partial charge in [0.2, 0.25) is 10.0 Å². The predicted molar refractivity (Wildman–Crippen MR) is 167 cm³/mol. The molecular weight excluding hydrogens is 614 g/mol. The summed E-state index contributed by atoms with van der Waals surface area (Å²) in [6, 6.07) is 16.1. The Bertz CT molecular complexity index is 1990. The van der Waals surface area contributed by atoms with Crippen molar-refractivity contribution < 1.29 is 12.8 Å². The fourth-order valence-corrected chi connectivity index (χ4v) is 5.45. The van der Waals surface area contributed by atoms with Gasteiger partial charge in [0.25, 0.3) is 0 Å². The van der Waals surface area contributed by atoms with E-state index in [0.29, 0.717) is 49.9 Å². The number of nitrogens with zero attached hydrogens (tertiary/aromatic N) is 5. The van der Waals surface area contributed by atoms with Gasteiger partial charge >= 0.3 is 0 Å². The maximum Gasteiger partial charge on any atom is 0.229 e. The normalized spacial score (nSPS) is 12.2. The average Bonchev–Trinajstić information content (AvgIpc) is 3.44. The predicted octanol–water partition coefficient (Wildman–Crippen LogP) is 7.04. The lowest BCUT2D eigenvalue weighted by molar-refractivity contribution is 0.514. The fraction of sp³-hybridized carbons (Fsp3) is 0.172. The molecule has 0 saturated carbocycles. The summed E-state index contributed by atoms with van der Waals surface area (Å²) in [6.45, 7) is 3.95. The lowest BCUT2D eigenvalue weighted by atomic mass is 10.0. The largest absolute Gasteiger partial charge is 0.373 e. The summed E-state index contributed by atoms with van der Waals surface area (Å²) in [4.78, 5) is 4.39. The van der Waals surface area contributed by atoms with E-state index in [2.05, 4.69) is 36.7 Å². The van der Waals surface area contributed by atoms with Crippen molar-refractivity contribution in [2.45, 2.75) is 25.9 Å². The highest BCUT2D eigenvalue weighted by Gasteiger charge is 2.21. The zero-order chi connectivity index (χ0) is 30.9. The molecule has 0 unspecified atom stereocenters. The topological polar surface area (TPSA) is 138 Å². The van der Waals surface area contributed by atoms with Crippen molar-refractivity contribution in [2.75, 3.05) is 21.6 Å². The zero-order valence-electron chi connectivity index (χ0n) is 23.1. The lowest BCUT2D eigenvalue weighted by Crippen LogP contribution is -2.15. The van der Waals surface area contributed by atoms with Crippen LogP contribution in [0.5, 0.6) is 0 Å². The quantitative estimate of drug-likeness (QED) is 0.156. The van der Waals surface area contributed by atoms with Gasteiger partial charge in [-0.25, -0.2) is 17.5 Å². The van der Waals surface area contributed by atoms with Crippen LogP contribution >= 0.6 is 23.2 Å². The molecule has 5 rings (SSSR count). The number of hydrogen-bond acceptors (Lipinski definition) is 8. The molecule has 220 valence electrons. The number of halogens is 3. The van der Waals surface area contributed by atoms with Crippen LogP contribution in [0.2, 0.25) is 10.0 Å². The van der Waals surface area contributed by atoms with Crippen LogP contribution in [-0.2, 0) is 10.0 Å². The number of rotatable bonds is 9. The van der Waals surface area contributed by atoms with Crippen LogP contribution in [-0.4, -0.2) is 34.7 Å². The second kappa shape index (κ2) is 12.0. The molecule has 14 heteroatoms. The minimum Gasteiger partial charge on any atom is -0.373 e. The molecule has 0 fully saturated rings. The monoisotopic (exact) mass is 638 g/mol. The van der Waals surface area contributed by atoms with Gasteiger partial charge in [-0.05, 0) is 61.9 Å². The highest BCUT2D eigenvalue weighted by Crippen LogP contribution is 2.37. The van der Waals surface area contributed by atoms with E-state index in [1.807, 2.05) is 26.1 Å². The van der Waals surface area contributed by atoms with Crippen LogP contribution in [0.15, 0.2) is 67.0 Å². The Labute approximate surface area is 257 Å². The van der Waals surface area contributed by atoms with Crippen molar-refractivity contribution in [2.24, 2.45) is 0 Å². The molecule has 10 nitrogen and oxygen atoms in total. The van der Waals surface area contributed by atoms with E-state index in [-0.39, 0.29) is 16.6 Å². The van der Waals surface area contributed by atoms with Crippen LogP contribution < -0.4 is 15.4 Å². The van der Waals surface area contributed by atoms with Crippen LogP contribution in [0.4, 0.5) is 27.1 Å². The van der Waals surface area contributed by atoms with Gasteiger partial charge in [0.1, 0.15) is 17.6 Å². The third kappa shape index (κ3) is 6.80. The third-order valence-corrected chi connectivity index (χ3v) is 7.61. The van der Waals surface area contributed by atoms with E-state index in [1.54, 1.807) is 35.0 Å². The average molecular weight is 640 g/mol. The summed E-state index contributed by atoms with van der Waals surface area (Å²) in [7, 11) is -3.51. The molecule has 0 bridgehead atoms. The third-order valence-electron chi connectivity index (χ3n) is 6.42. The number of benzene rings is 3. The summed E-state index contributed by atoms with van der Waals surface area (Å²) in [5.41, 5.74) is 3.74. The number of aromatic nitrogens is 4. The van der Waals surface area contributed by atoms with Crippen molar-refractivity contribution in [3.8, 4) is 6.07 Å². The molecular formula is C29H25Cl2FN8O2S. The van der Waals surface area contributed by atoms with Crippen molar-refractivity contribution in [3.05, 3.63) is 99.7 Å². The molecule has 43 heavy (non-hydrogen) atoms. The van der Waals surface area contributed by atoms with E-state index in [9.17, 15) is 18.1 Å². The molecule has 2 aromatic heterocycles. The number of nitrogens with one attached hydrogen (secondary N) is 3.